The lowest BCUT2D eigenvalue weighted by atomic mass is 9.93. The molecule has 4 rings (SSSR count). The number of amides is 5. The smallest absolute Gasteiger partial charge is 0.255 e. The molecule has 1 aromatic heterocycles. The van der Waals surface area contributed by atoms with Crippen LogP contribution in [0.4, 0.5) is 0 Å². The quantitative estimate of drug-likeness (QED) is 0.130. The molecule has 0 unspecified atom stereocenters. The zero-order chi connectivity index (χ0) is 38.7. The van der Waals surface area contributed by atoms with Gasteiger partial charge in [0.05, 0.1) is 23.9 Å². The number of likely N-dealkylation sites (N-methyl/N-ethyl adjacent to an activating group) is 1. The van der Waals surface area contributed by atoms with Crippen LogP contribution in [0.3, 0.4) is 0 Å². The minimum Gasteiger partial charge on any atom is -0.492 e. The molecule has 0 saturated carbocycles. The average molecular weight is 729 g/mol. The molecule has 0 saturated heterocycles. The number of carbonyl (C=O) groups excluding carboxylic acids is 5. The molecular weight excluding hydrogens is 684 g/mol. The Bertz CT molecular complexity index is 1900. The van der Waals surface area contributed by atoms with E-state index in [4.69, 9.17) is 26.2 Å². The van der Waals surface area contributed by atoms with E-state index in [1.54, 1.807) is 50.2 Å². The van der Waals surface area contributed by atoms with E-state index in [0.717, 1.165) is 4.90 Å². The van der Waals surface area contributed by atoms with Crippen LogP contribution in [0.1, 0.15) is 46.0 Å². The first-order chi connectivity index (χ1) is 25.4. The molecule has 17 nitrogen and oxygen atoms in total. The van der Waals surface area contributed by atoms with Crippen molar-refractivity contribution in [3.8, 4) is 28.7 Å². The van der Waals surface area contributed by atoms with Gasteiger partial charge in [-0.25, -0.2) is 9.97 Å². The third-order valence-electron chi connectivity index (χ3n) is 8.34. The van der Waals surface area contributed by atoms with Crippen LogP contribution in [0.2, 0.25) is 0 Å². The van der Waals surface area contributed by atoms with Crippen molar-refractivity contribution in [1.29, 1.82) is 5.26 Å². The number of aryl methyl sites for hydroxylation is 2. The Hall–Kier alpha value is -6.12. The molecule has 53 heavy (non-hydrogen) atoms. The highest BCUT2D eigenvalue weighted by Crippen LogP contribution is 2.40. The summed E-state index contributed by atoms with van der Waals surface area (Å²) in [4.78, 5) is 76.8. The van der Waals surface area contributed by atoms with Crippen LogP contribution in [0, 0.1) is 25.2 Å². The van der Waals surface area contributed by atoms with Crippen LogP contribution in [0.15, 0.2) is 42.6 Å². The molecule has 5 amide bonds. The number of rotatable bonds is 12. The van der Waals surface area contributed by atoms with Crippen molar-refractivity contribution < 1.29 is 33.4 Å². The first-order valence-electron chi connectivity index (χ1n) is 16.9. The lowest BCUT2D eigenvalue weighted by Gasteiger charge is -2.30. The maximum Gasteiger partial charge on any atom is 0.255 e. The Morgan fingerprint density at radius 2 is 1.64 bits per heavy atom. The third-order valence-corrected chi connectivity index (χ3v) is 8.34. The molecule has 0 spiro atoms. The molecule has 0 fully saturated rings. The minimum absolute atomic E-state index is 0.0202. The van der Waals surface area contributed by atoms with E-state index >= 15 is 0 Å². The summed E-state index contributed by atoms with van der Waals surface area (Å²) in [5, 5.41) is 19.5. The van der Waals surface area contributed by atoms with Gasteiger partial charge in [0.25, 0.3) is 5.91 Å². The van der Waals surface area contributed by atoms with E-state index in [-0.39, 0.29) is 44.8 Å². The fourth-order valence-electron chi connectivity index (χ4n) is 5.66. The second-order valence-electron chi connectivity index (χ2n) is 12.2. The third kappa shape index (κ3) is 10.0. The molecule has 1 aliphatic rings. The normalized spacial score (nSPS) is 16.9. The molecule has 2 heterocycles. The summed E-state index contributed by atoms with van der Waals surface area (Å²) in [6, 6.07) is 8.36. The van der Waals surface area contributed by atoms with E-state index in [9.17, 15) is 24.0 Å². The molecule has 3 atom stereocenters. The van der Waals surface area contributed by atoms with Gasteiger partial charge in [0.15, 0.2) is 0 Å². The Morgan fingerprint density at radius 3 is 2.28 bits per heavy atom. The molecule has 0 aliphatic carbocycles. The molecular formula is C36H44N10O7. The van der Waals surface area contributed by atoms with Crippen molar-refractivity contribution >= 4 is 29.5 Å². The Labute approximate surface area is 306 Å². The number of nitriles is 1. The maximum atomic E-state index is 14.1. The lowest BCUT2D eigenvalue weighted by molar-refractivity contribution is -0.139. The number of benzene rings is 2. The van der Waals surface area contributed by atoms with Crippen LogP contribution in [0.25, 0.3) is 11.1 Å². The van der Waals surface area contributed by atoms with Crippen LogP contribution < -0.4 is 42.2 Å². The average Bonchev–Trinajstić information content (AvgIpc) is 3.13. The molecule has 2 aromatic carbocycles. The van der Waals surface area contributed by atoms with Crippen LogP contribution >= 0.6 is 0 Å². The first kappa shape index (κ1) is 39.7. The van der Waals surface area contributed by atoms with Gasteiger partial charge >= 0.3 is 0 Å². The van der Waals surface area contributed by atoms with Crippen molar-refractivity contribution in [2.24, 2.45) is 11.5 Å². The largest absolute Gasteiger partial charge is 0.492 e. The predicted molar refractivity (Wildman–Crippen MR) is 192 cm³/mol. The SMILES string of the molecule is Cc1ncc(C(=O)NCC(=O)N(C)[C@@H]2C(=O)N[C@@H](C)C(=O)N[C@H](C(=O)NCC#N)Cc3ccc(OCCN)c(c3)-c3cc2ccc3OCCN)c(C)n1. The fourth-order valence-corrected chi connectivity index (χ4v) is 5.66. The van der Waals surface area contributed by atoms with Crippen LogP contribution in [-0.4, -0.2) is 103 Å². The van der Waals surface area contributed by atoms with E-state index in [2.05, 4.69) is 31.2 Å². The van der Waals surface area contributed by atoms with Crippen molar-refractivity contribution in [3.63, 3.8) is 0 Å². The predicted octanol–water partition coefficient (Wildman–Crippen LogP) is -0.450. The van der Waals surface area contributed by atoms with Crippen LogP contribution in [-0.2, 0) is 25.6 Å². The molecule has 1 aliphatic heterocycles. The van der Waals surface area contributed by atoms with Crippen molar-refractivity contribution in [1.82, 2.24) is 36.1 Å². The summed E-state index contributed by atoms with van der Waals surface area (Å²) in [5.41, 5.74) is 14.1. The number of hydrogen-bond acceptors (Lipinski definition) is 12. The lowest BCUT2D eigenvalue weighted by Crippen LogP contribution is -2.55. The van der Waals surface area contributed by atoms with E-state index in [1.807, 2.05) is 6.07 Å². The van der Waals surface area contributed by atoms with Crippen molar-refractivity contribution in [3.05, 3.63) is 70.8 Å². The molecule has 3 aromatic rings. The van der Waals surface area contributed by atoms with Gasteiger partial charge < -0.3 is 47.1 Å². The van der Waals surface area contributed by atoms with Gasteiger partial charge in [0.2, 0.25) is 23.6 Å². The fraction of sp³-hybridized carbons (Fsp3) is 0.389. The number of hydrogen-bond donors (Lipinski definition) is 6. The highest BCUT2D eigenvalue weighted by Gasteiger charge is 2.33. The van der Waals surface area contributed by atoms with Gasteiger partial charge in [-0.3, -0.25) is 24.0 Å². The summed E-state index contributed by atoms with van der Waals surface area (Å²) in [6.07, 6.45) is 1.39. The minimum atomic E-state index is -1.32. The zero-order valence-electron chi connectivity index (χ0n) is 30.0. The van der Waals surface area contributed by atoms with Gasteiger partial charge in [0.1, 0.15) is 55.2 Å². The monoisotopic (exact) mass is 728 g/mol. The number of nitrogens with zero attached hydrogens (tertiary/aromatic N) is 4. The highest BCUT2D eigenvalue weighted by molar-refractivity contribution is 5.98. The summed E-state index contributed by atoms with van der Waals surface area (Å²) in [7, 11) is 1.40. The van der Waals surface area contributed by atoms with Crippen molar-refractivity contribution in [2.75, 3.05) is 46.4 Å². The maximum absolute atomic E-state index is 14.1. The Balaban J connectivity index is 1.83. The number of nitrogens with two attached hydrogens (primary N) is 2. The summed E-state index contributed by atoms with van der Waals surface area (Å²) >= 11 is 0. The van der Waals surface area contributed by atoms with E-state index in [1.165, 1.54) is 20.2 Å². The zero-order valence-corrected chi connectivity index (χ0v) is 30.0. The summed E-state index contributed by atoms with van der Waals surface area (Å²) in [6.45, 7) is 4.75. The number of carbonyl (C=O) groups is 5. The standard InChI is InChI=1S/C36H44N10O7/c1-20-27(18-41-22(3)43-20)34(49)42-19-31(47)46(4)32-24-6-8-30(53-14-11-39)26(17-24)25-15-23(5-7-29(25)52-13-10-38)16-28(35(50)40-12-9-37)45-33(48)21(2)44-36(32)51/h5-8,15,17-18,21,28,32H,10-14,16,19,38-39H2,1-4H3,(H,40,50)(H,42,49)(H,44,51)(H,45,48)/t21-,28-,32-/m0/s1. The van der Waals surface area contributed by atoms with Gasteiger partial charge in [-0.05, 0) is 56.2 Å². The first-order valence-corrected chi connectivity index (χ1v) is 16.9. The number of nitrogens with one attached hydrogen (secondary N) is 4. The van der Waals surface area contributed by atoms with Crippen molar-refractivity contribution in [2.45, 2.75) is 45.3 Å². The molecule has 280 valence electrons. The second-order valence-corrected chi connectivity index (χ2v) is 12.2. The molecule has 8 N–H and O–H groups in total. The molecule has 4 bridgehead atoms. The second kappa shape index (κ2) is 18.4. The van der Waals surface area contributed by atoms with E-state index < -0.39 is 54.2 Å². The Kier molecular flexibility index (Phi) is 13.8. The number of aromatic nitrogens is 2. The van der Waals surface area contributed by atoms with Gasteiger partial charge in [-0.1, -0.05) is 12.1 Å². The van der Waals surface area contributed by atoms with Gasteiger partial charge in [-0.2, -0.15) is 5.26 Å². The van der Waals surface area contributed by atoms with Gasteiger partial charge in [-0.15, -0.1) is 0 Å². The summed E-state index contributed by atoms with van der Waals surface area (Å²) < 4.78 is 12.0. The van der Waals surface area contributed by atoms with Crippen LogP contribution in [0.5, 0.6) is 11.5 Å². The number of fused-ring (bicyclic) bond motifs is 5. The molecule has 0 radical (unpaired) electrons. The summed E-state index contributed by atoms with van der Waals surface area (Å²) in [5.74, 6) is -1.94. The highest BCUT2D eigenvalue weighted by atomic mass is 16.5. The topological polar surface area (TPSA) is 257 Å². The van der Waals surface area contributed by atoms with Gasteiger partial charge in [0, 0.05) is 43.9 Å². The molecule has 17 heteroatoms. The number of ether oxygens (including phenoxy) is 2. The van der Waals surface area contributed by atoms with E-state index in [0.29, 0.717) is 45.3 Å². The Morgan fingerprint density at radius 1 is 0.981 bits per heavy atom.